The van der Waals surface area contributed by atoms with E-state index in [1.54, 1.807) is 4.90 Å². The fraction of sp³-hybridized carbons (Fsp3) is 0.524. The molecule has 2 fully saturated rings. The molecule has 2 heterocycles. The molecule has 1 aliphatic carbocycles. The molecule has 1 N–H and O–H groups in total. The van der Waals surface area contributed by atoms with Crippen LogP contribution in [0.1, 0.15) is 38.2 Å². The lowest BCUT2D eigenvalue weighted by Crippen LogP contribution is -2.54. The van der Waals surface area contributed by atoms with Crippen LogP contribution in [0.5, 0.6) is 0 Å². The third-order valence-electron chi connectivity index (χ3n) is 6.33. The Morgan fingerprint density at radius 3 is 2.83 bits per heavy atom. The molecule has 29 heavy (non-hydrogen) atoms. The Hall–Kier alpha value is -2.90. The average Bonchev–Trinajstić information content (AvgIpc) is 3.24. The van der Waals surface area contributed by atoms with Gasteiger partial charge in [0.25, 0.3) is 11.8 Å². The molecule has 154 valence electrons. The van der Waals surface area contributed by atoms with Gasteiger partial charge in [-0.25, -0.2) is 4.79 Å². The molecule has 1 saturated carbocycles. The summed E-state index contributed by atoms with van der Waals surface area (Å²) < 4.78 is 5.09. The van der Waals surface area contributed by atoms with E-state index < -0.39 is 30.7 Å². The highest BCUT2D eigenvalue weighted by Gasteiger charge is 2.55. The summed E-state index contributed by atoms with van der Waals surface area (Å²) in [5, 5.41) is 2.80. The Morgan fingerprint density at radius 2 is 2.03 bits per heavy atom. The van der Waals surface area contributed by atoms with Crippen molar-refractivity contribution in [2.24, 2.45) is 5.92 Å². The number of amides is 4. The van der Waals surface area contributed by atoms with E-state index in [1.807, 2.05) is 31.2 Å². The Bertz CT molecular complexity index is 870. The van der Waals surface area contributed by atoms with E-state index in [9.17, 15) is 19.2 Å². The number of para-hydroxylation sites is 1. The maximum atomic E-state index is 12.9. The van der Waals surface area contributed by atoms with Gasteiger partial charge in [-0.3, -0.25) is 19.3 Å². The zero-order valence-corrected chi connectivity index (χ0v) is 16.5. The molecule has 1 spiro atoms. The summed E-state index contributed by atoms with van der Waals surface area (Å²) in [6, 6.07) is 7.04. The third-order valence-corrected chi connectivity index (χ3v) is 6.33. The number of benzene rings is 1. The summed E-state index contributed by atoms with van der Waals surface area (Å²) in [5.41, 5.74) is 0.999. The van der Waals surface area contributed by atoms with Gasteiger partial charge in [0.05, 0.1) is 0 Å². The van der Waals surface area contributed by atoms with Crippen LogP contribution in [0.3, 0.4) is 0 Å². The Balaban J connectivity index is 1.34. The van der Waals surface area contributed by atoms with E-state index >= 15 is 0 Å². The van der Waals surface area contributed by atoms with E-state index in [-0.39, 0.29) is 17.7 Å². The molecule has 1 saturated heterocycles. The minimum Gasteiger partial charge on any atom is -0.454 e. The molecule has 0 aromatic heterocycles. The normalized spacial score (nSPS) is 25.9. The van der Waals surface area contributed by atoms with Crippen LogP contribution in [0.4, 0.5) is 10.5 Å². The fourth-order valence-corrected chi connectivity index (χ4v) is 4.63. The number of nitrogens with one attached hydrogen (secondary N) is 1. The lowest BCUT2D eigenvalue weighted by molar-refractivity contribution is -0.151. The van der Waals surface area contributed by atoms with E-state index in [1.165, 1.54) is 0 Å². The Labute approximate surface area is 169 Å². The largest absolute Gasteiger partial charge is 0.454 e. The first-order valence-electron chi connectivity index (χ1n) is 10.1. The van der Waals surface area contributed by atoms with Crippen molar-refractivity contribution in [1.29, 1.82) is 0 Å². The molecule has 0 bridgehead atoms. The number of fused-ring (bicyclic) bond motifs is 1. The van der Waals surface area contributed by atoms with Crippen LogP contribution in [0, 0.1) is 5.92 Å². The molecular weight excluding hydrogens is 374 g/mol. The van der Waals surface area contributed by atoms with Crippen LogP contribution in [0.2, 0.25) is 0 Å². The molecule has 1 aromatic carbocycles. The monoisotopic (exact) mass is 399 g/mol. The lowest BCUT2D eigenvalue weighted by Gasteiger charge is -2.36. The number of hydrogen-bond donors (Lipinski definition) is 1. The maximum Gasteiger partial charge on any atom is 0.326 e. The second-order valence-corrected chi connectivity index (χ2v) is 8.02. The number of hydrogen-bond acceptors (Lipinski definition) is 5. The number of carbonyl (C=O) groups is 4. The van der Waals surface area contributed by atoms with Gasteiger partial charge in [-0.15, -0.1) is 0 Å². The van der Waals surface area contributed by atoms with Crippen LogP contribution < -0.4 is 10.2 Å². The second-order valence-electron chi connectivity index (χ2n) is 8.02. The SMILES string of the molecule is C[C@H]1CCCC[C@]12NC(=O)N(CC(=O)OCC(=O)N1CCc3ccccc31)C2=O. The third kappa shape index (κ3) is 3.36. The first-order valence-corrected chi connectivity index (χ1v) is 10.1. The van der Waals surface area contributed by atoms with E-state index in [2.05, 4.69) is 5.32 Å². The second kappa shape index (κ2) is 7.50. The first kappa shape index (κ1) is 19.4. The van der Waals surface area contributed by atoms with Crippen LogP contribution in [-0.2, 0) is 25.5 Å². The molecule has 8 heteroatoms. The van der Waals surface area contributed by atoms with Gasteiger partial charge < -0.3 is 15.0 Å². The fourth-order valence-electron chi connectivity index (χ4n) is 4.63. The van der Waals surface area contributed by atoms with Crippen molar-refractivity contribution < 1.29 is 23.9 Å². The standard InChI is InChI=1S/C21H25N3O5/c1-14-6-4-5-10-21(14)19(27)24(20(28)22-21)12-18(26)29-13-17(25)23-11-9-15-7-2-3-8-16(15)23/h2-3,7-8,14H,4-6,9-13H2,1H3,(H,22,28)/t14-,21-/m0/s1. The molecular formula is C21H25N3O5. The molecule has 1 aromatic rings. The summed E-state index contributed by atoms with van der Waals surface area (Å²) in [6.45, 7) is 1.59. The zero-order chi connectivity index (χ0) is 20.6. The van der Waals surface area contributed by atoms with Crippen LogP contribution >= 0.6 is 0 Å². The summed E-state index contributed by atoms with van der Waals surface area (Å²) in [6.07, 6.45) is 4.09. The number of nitrogens with zero attached hydrogens (tertiary/aromatic N) is 2. The lowest BCUT2D eigenvalue weighted by atomic mass is 9.73. The van der Waals surface area contributed by atoms with Crippen molar-refractivity contribution in [3.8, 4) is 0 Å². The van der Waals surface area contributed by atoms with Gasteiger partial charge in [-0.2, -0.15) is 0 Å². The maximum absolute atomic E-state index is 12.9. The van der Waals surface area contributed by atoms with Crippen molar-refractivity contribution in [2.45, 2.75) is 44.6 Å². The Morgan fingerprint density at radius 1 is 1.24 bits per heavy atom. The van der Waals surface area contributed by atoms with Gasteiger partial charge in [0.1, 0.15) is 12.1 Å². The number of carbonyl (C=O) groups excluding carboxylic acids is 4. The van der Waals surface area contributed by atoms with Crippen molar-refractivity contribution in [2.75, 3.05) is 24.6 Å². The number of rotatable bonds is 4. The van der Waals surface area contributed by atoms with Gasteiger partial charge in [0, 0.05) is 12.2 Å². The summed E-state index contributed by atoms with van der Waals surface area (Å²) in [4.78, 5) is 52.4. The molecule has 4 amide bonds. The number of esters is 1. The van der Waals surface area contributed by atoms with E-state index in [0.717, 1.165) is 41.8 Å². The van der Waals surface area contributed by atoms with E-state index in [4.69, 9.17) is 4.74 Å². The number of imide groups is 1. The highest BCUT2D eigenvalue weighted by atomic mass is 16.5. The predicted octanol–water partition coefficient (Wildman–Crippen LogP) is 1.62. The number of anilines is 1. The summed E-state index contributed by atoms with van der Waals surface area (Å²) in [7, 11) is 0. The molecule has 0 radical (unpaired) electrons. The first-order chi connectivity index (χ1) is 13.9. The average molecular weight is 399 g/mol. The van der Waals surface area contributed by atoms with Crippen molar-refractivity contribution in [1.82, 2.24) is 10.2 Å². The van der Waals surface area contributed by atoms with Gasteiger partial charge in [0.15, 0.2) is 6.61 Å². The van der Waals surface area contributed by atoms with Crippen molar-refractivity contribution in [3.05, 3.63) is 29.8 Å². The van der Waals surface area contributed by atoms with Crippen LogP contribution in [-0.4, -0.2) is 54.0 Å². The minimum absolute atomic E-state index is 0.0190. The molecule has 3 aliphatic rings. The van der Waals surface area contributed by atoms with Crippen LogP contribution in [0.15, 0.2) is 24.3 Å². The molecule has 2 atom stereocenters. The van der Waals surface area contributed by atoms with Crippen LogP contribution in [0.25, 0.3) is 0 Å². The smallest absolute Gasteiger partial charge is 0.326 e. The topological polar surface area (TPSA) is 96.0 Å². The molecule has 2 aliphatic heterocycles. The highest BCUT2D eigenvalue weighted by Crippen LogP contribution is 2.38. The summed E-state index contributed by atoms with van der Waals surface area (Å²) in [5.74, 6) is -1.44. The Kier molecular flexibility index (Phi) is 5.02. The van der Waals surface area contributed by atoms with Gasteiger partial charge in [-0.05, 0) is 36.8 Å². The van der Waals surface area contributed by atoms with Gasteiger partial charge in [-0.1, -0.05) is 38.0 Å². The molecule has 4 rings (SSSR count). The van der Waals surface area contributed by atoms with Crippen molar-refractivity contribution >= 4 is 29.5 Å². The molecule has 0 unspecified atom stereocenters. The van der Waals surface area contributed by atoms with Gasteiger partial charge in [0.2, 0.25) is 0 Å². The zero-order valence-electron chi connectivity index (χ0n) is 16.5. The van der Waals surface area contributed by atoms with E-state index in [0.29, 0.717) is 13.0 Å². The van der Waals surface area contributed by atoms with Gasteiger partial charge >= 0.3 is 12.0 Å². The number of ether oxygens (including phenoxy) is 1. The number of urea groups is 1. The molecule has 8 nitrogen and oxygen atoms in total. The summed E-state index contributed by atoms with van der Waals surface area (Å²) >= 11 is 0. The predicted molar refractivity (Wildman–Crippen MR) is 104 cm³/mol. The highest BCUT2D eigenvalue weighted by molar-refractivity contribution is 6.09. The minimum atomic E-state index is -0.912. The van der Waals surface area contributed by atoms with Crippen molar-refractivity contribution in [3.63, 3.8) is 0 Å². The quantitative estimate of drug-likeness (QED) is 0.613.